The van der Waals surface area contributed by atoms with Crippen molar-refractivity contribution in [1.82, 2.24) is 0 Å². The van der Waals surface area contributed by atoms with Gasteiger partial charge in [-0.1, -0.05) is 175 Å². The Bertz CT molecular complexity index is 257. The molecule has 0 amide bonds. The first-order chi connectivity index (χ1) is 13.8. The normalized spacial score (nSPS) is 12.5. The molecule has 2 radical (unpaired) electrons. The molecule has 0 fully saturated rings. The van der Waals surface area contributed by atoms with Crippen LogP contribution in [-0.2, 0) is 0 Å². The van der Waals surface area contributed by atoms with Crippen LogP contribution in [0, 0.1) is 19.8 Å². The highest BCUT2D eigenvalue weighted by atomic mass is 14.1. The summed E-state index contributed by atoms with van der Waals surface area (Å²) >= 11 is 0. The molecule has 0 aromatic carbocycles. The molecule has 0 N–H and O–H groups in total. The van der Waals surface area contributed by atoms with Gasteiger partial charge in [0.1, 0.15) is 0 Å². The Kier molecular flexibility index (Phi) is 25.0. The molecule has 0 aliphatic carbocycles. The molecule has 0 aromatic heterocycles. The molecule has 28 heavy (non-hydrogen) atoms. The van der Waals surface area contributed by atoms with Gasteiger partial charge in [0.15, 0.2) is 0 Å². The molecule has 168 valence electrons. The van der Waals surface area contributed by atoms with Crippen LogP contribution in [0.25, 0.3) is 0 Å². The second kappa shape index (κ2) is 25.0. The highest BCUT2D eigenvalue weighted by Crippen LogP contribution is 2.17. The maximum Gasteiger partial charge on any atom is -0.0443 e. The van der Waals surface area contributed by atoms with Crippen molar-refractivity contribution in [2.45, 2.75) is 161 Å². The Hall–Kier alpha value is 0. The van der Waals surface area contributed by atoms with Crippen molar-refractivity contribution in [3.05, 3.63) is 13.8 Å². The maximum absolute atomic E-state index is 3.96. The quantitative estimate of drug-likeness (QED) is 0.143. The lowest BCUT2D eigenvalue weighted by molar-refractivity contribution is 0.456. The van der Waals surface area contributed by atoms with E-state index < -0.39 is 0 Å². The molecular weight excluding hydrogens is 336 g/mol. The summed E-state index contributed by atoms with van der Waals surface area (Å²) in [5.41, 5.74) is 0. The smallest absolute Gasteiger partial charge is 0.0443 e. The van der Waals surface area contributed by atoms with Gasteiger partial charge >= 0.3 is 0 Å². The van der Waals surface area contributed by atoms with E-state index in [1.54, 1.807) is 0 Å². The van der Waals surface area contributed by atoms with Gasteiger partial charge < -0.3 is 0 Å². The van der Waals surface area contributed by atoms with E-state index in [4.69, 9.17) is 0 Å². The van der Waals surface area contributed by atoms with E-state index in [9.17, 15) is 0 Å². The van der Waals surface area contributed by atoms with Crippen molar-refractivity contribution >= 4 is 0 Å². The summed E-state index contributed by atoms with van der Waals surface area (Å²) in [6.07, 6.45) is 34.2. The van der Waals surface area contributed by atoms with E-state index in [0.29, 0.717) is 0 Å². The zero-order chi connectivity index (χ0) is 20.5. The summed E-state index contributed by atoms with van der Waals surface area (Å²) in [5.74, 6) is 0.899. The topological polar surface area (TPSA) is 0 Å². The van der Waals surface area contributed by atoms with Crippen LogP contribution in [0.1, 0.15) is 161 Å². The lowest BCUT2D eigenvalue weighted by atomic mass is 9.98. The van der Waals surface area contributed by atoms with E-state index in [1.807, 2.05) is 0 Å². The molecule has 0 aliphatic rings. The molecule has 0 nitrogen and oxygen atoms in total. The van der Waals surface area contributed by atoms with Crippen LogP contribution >= 0.6 is 0 Å². The lowest BCUT2D eigenvalue weighted by Gasteiger charge is -2.09. The Morgan fingerprint density at radius 3 is 0.929 bits per heavy atom. The Balaban J connectivity index is 3.01. The predicted molar refractivity (Wildman–Crippen MR) is 131 cm³/mol. The van der Waals surface area contributed by atoms with E-state index in [-0.39, 0.29) is 0 Å². The van der Waals surface area contributed by atoms with Crippen molar-refractivity contribution in [2.24, 2.45) is 5.92 Å². The molecule has 0 rings (SSSR count). The van der Waals surface area contributed by atoms with Gasteiger partial charge in [-0.2, -0.15) is 0 Å². The van der Waals surface area contributed by atoms with Crippen molar-refractivity contribution < 1.29 is 0 Å². The highest BCUT2D eigenvalue weighted by molar-refractivity contribution is 4.56. The Morgan fingerprint density at radius 2 is 0.643 bits per heavy atom. The summed E-state index contributed by atoms with van der Waals surface area (Å²) in [6.45, 7) is 10.3. The summed E-state index contributed by atoms with van der Waals surface area (Å²) in [6, 6.07) is 0. The van der Waals surface area contributed by atoms with Gasteiger partial charge in [0.25, 0.3) is 0 Å². The Labute approximate surface area is 181 Å². The average Bonchev–Trinajstić information content (AvgIpc) is 2.69. The lowest BCUT2D eigenvalue weighted by Crippen LogP contribution is -1.93. The van der Waals surface area contributed by atoms with Crippen molar-refractivity contribution in [3.8, 4) is 0 Å². The molecule has 0 saturated carbocycles. The number of unbranched alkanes of at least 4 members (excludes halogenated alkanes) is 20. The second-order valence-electron chi connectivity index (χ2n) is 9.46. The van der Waals surface area contributed by atoms with E-state index >= 15 is 0 Å². The van der Waals surface area contributed by atoms with Crippen LogP contribution in [-0.4, -0.2) is 0 Å². The minimum atomic E-state index is 0.899. The summed E-state index contributed by atoms with van der Waals surface area (Å²) in [7, 11) is 0. The predicted octanol–water partition coefficient (Wildman–Crippen LogP) is 10.7. The fraction of sp³-hybridized carbons (Fsp3) is 0.929. The van der Waals surface area contributed by atoms with Gasteiger partial charge in [0.2, 0.25) is 0 Å². The van der Waals surface area contributed by atoms with Gasteiger partial charge in [-0.25, -0.2) is 0 Å². The highest BCUT2D eigenvalue weighted by Gasteiger charge is 2.00. The molecule has 1 atom stereocenters. The van der Waals surface area contributed by atoms with Crippen LogP contribution in [0.15, 0.2) is 0 Å². The number of hydrogen-bond donors (Lipinski definition) is 0. The zero-order valence-corrected chi connectivity index (χ0v) is 20.0. The van der Waals surface area contributed by atoms with Gasteiger partial charge in [0, 0.05) is 0 Å². The Morgan fingerprint density at radius 1 is 0.357 bits per heavy atom. The average molecular weight is 393 g/mol. The van der Waals surface area contributed by atoms with Gasteiger partial charge in [0.05, 0.1) is 0 Å². The molecule has 0 saturated heterocycles. The zero-order valence-electron chi connectivity index (χ0n) is 20.0. The van der Waals surface area contributed by atoms with Gasteiger partial charge in [-0.05, 0) is 5.92 Å². The molecule has 0 spiro atoms. The molecule has 0 heteroatoms. The second-order valence-corrected chi connectivity index (χ2v) is 9.46. The van der Waals surface area contributed by atoms with E-state index in [0.717, 1.165) is 18.8 Å². The van der Waals surface area contributed by atoms with Crippen molar-refractivity contribution in [2.75, 3.05) is 0 Å². The van der Waals surface area contributed by atoms with Crippen LogP contribution in [0.5, 0.6) is 0 Å². The first kappa shape index (κ1) is 28.0. The third-order valence-electron chi connectivity index (χ3n) is 6.39. The summed E-state index contributed by atoms with van der Waals surface area (Å²) < 4.78 is 0. The third kappa shape index (κ3) is 24.0. The van der Waals surface area contributed by atoms with E-state index in [1.165, 1.54) is 141 Å². The molecular formula is C28H56. The maximum atomic E-state index is 3.96. The molecule has 0 aliphatic heterocycles. The first-order valence-corrected chi connectivity index (χ1v) is 13.4. The van der Waals surface area contributed by atoms with Crippen LogP contribution < -0.4 is 0 Å². The molecule has 0 aromatic rings. The van der Waals surface area contributed by atoms with Crippen LogP contribution in [0.2, 0.25) is 0 Å². The third-order valence-corrected chi connectivity index (χ3v) is 6.39. The largest absolute Gasteiger partial charge is 0.0625 e. The monoisotopic (exact) mass is 392 g/mol. The number of hydrogen-bond acceptors (Lipinski definition) is 0. The van der Waals surface area contributed by atoms with Gasteiger partial charge in [-0.3, -0.25) is 0 Å². The SMILES string of the molecule is [CH2]CCCCCCCCCCCCCCCCCCCCCCC(C)CC[CH2]. The van der Waals surface area contributed by atoms with Crippen LogP contribution in [0.3, 0.4) is 0 Å². The van der Waals surface area contributed by atoms with Crippen LogP contribution in [0.4, 0.5) is 0 Å². The molecule has 1 unspecified atom stereocenters. The fourth-order valence-electron chi connectivity index (χ4n) is 4.34. The first-order valence-electron chi connectivity index (χ1n) is 13.4. The standard InChI is InChI=1S/C28H56/c1-4-6-7-8-9-10-11-12-13-14-15-16-17-18-19-20-21-22-23-24-25-27-28(3)26-5-2/h28H,1-2,4-27H2,3H3. The van der Waals surface area contributed by atoms with Crippen molar-refractivity contribution in [1.29, 1.82) is 0 Å². The van der Waals surface area contributed by atoms with Crippen molar-refractivity contribution in [3.63, 3.8) is 0 Å². The number of rotatable bonds is 24. The van der Waals surface area contributed by atoms with E-state index in [2.05, 4.69) is 20.8 Å². The minimum absolute atomic E-state index is 0.899. The molecule has 0 bridgehead atoms. The van der Waals surface area contributed by atoms with Gasteiger partial charge in [-0.15, -0.1) is 0 Å². The minimum Gasteiger partial charge on any atom is -0.0625 e. The summed E-state index contributed by atoms with van der Waals surface area (Å²) in [5, 5.41) is 0. The fourth-order valence-corrected chi connectivity index (χ4v) is 4.34. The summed E-state index contributed by atoms with van der Waals surface area (Å²) in [4.78, 5) is 0. The molecule has 0 heterocycles.